The van der Waals surface area contributed by atoms with Gasteiger partial charge in [-0.25, -0.2) is 4.98 Å². The van der Waals surface area contributed by atoms with Crippen LogP contribution < -0.4 is 5.32 Å². The van der Waals surface area contributed by atoms with Crippen LogP contribution in [-0.4, -0.2) is 88.8 Å². The molecule has 2 aliphatic rings. The number of hydrogen-bond donors (Lipinski definition) is 2. The fourth-order valence-corrected chi connectivity index (χ4v) is 9.07. The number of piperidine rings is 1. The molecule has 0 spiro atoms. The van der Waals surface area contributed by atoms with E-state index in [1.165, 1.54) is 17.8 Å². The first kappa shape index (κ1) is 41.6. The highest BCUT2D eigenvalue weighted by molar-refractivity contribution is 7.09. The van der Waals surface area contributed by atoms with E-state index in [-0.39, 0.29) is 65.6 Å². The Bertz CT molecular complexity index is 1440. The van der Waals surface area contributed by atoms with Crippen molar-refractivity contribution in [3.63, 3.8) is 0 Å². The summed E-state index contributed by atoms with van der Waals surface area (Å²) in [4.78, 5) is 62.3. The molecule has 10 nitrogen and oxygen atoms in total. The van der Waals surface area contributed by atoms with Crippen LogP contribution in [0.5, 0.6) is 0 Å². The zero-order valence-corrected chi connectivity index (χ0v) is 33.0. The maximum absolute atomic E-state index is 14.5. The number of aliphatic carboxylic acids is 1. The smallest absolute Gasteiger partial charge is 0.306 e. The van der Waals surface area contributed by atoms with E-state index in [2.05, 4.69) is 24.1 Å². The summed E-state index contributed by atoms with van der Waals surface area (Å²) < 4.78 is 6.26. The molecule has 1 saturated heterocycles. The minimum Gasteiger partial charge on any atom is -0.481 e. The minimum absolute atomic E-state index is 0.0481. The molecule has 288 valence electrons. The number of benzene rings is 1. The maximum atomic E-state index is 14.5. The van der Waals surface area contributed by atoms with Crippen LogP contribution in [0.3, 0.4) is 0 Å². The second kappa shape index (κ2) is 20.3. The molecule has 6 atom stereocenters. The van der Waals surface area contributed by atoms with Crippen molar-refractivity contribution in [3.05, 3.63) is 52.0 Å². The quantitative estimate of drug-likeness (QED) is 0.155. The van der Waals surface area contributed by atoms with Gasteiger partial charge in [-0.15, -0.1) is 11.3 Å². The van der Waals surface area contributed by atoms with Crippen LogP contribution >= 0.6 is 11.3 Å². The summed E-state index contributed by atoms with van der Waals surface area (Å²) in [7, 11) is 3.92. The highest BCUT2D eigenvalue weighted by Crippen LogP contribution is 2.36. The van der Waals surface area contributed by atoms with Gasteiger partial charge in [0.2, 0.25) is 5.91 Å². The van der Waals surface area contributed by atoms with Gasteiger partial charge in [-0.1, -0.05) is 76.8 Å². The summed E-state index contributed by atoms with van der Waals surface area (Å²) in [5.74, 6) is -1.64. The molecule has 2 heterocycles. The molecule has 0 bridgehead atoms. The highest BCUT2D eigenvalue weighted by Gasteiger charge is 2.39. The Hall–Kier alpha value is -3.15. The van der Waals surface area contributed by atoms with Gasteiger partial charge in [0.25, 0.3) is 5.91 Å². The second-order valence-electron chi connectivity index (χ2n) is 15.5. The molecule has 1 aromatic heterocycles. The number of rotatable bonds is 19. The maximum Gasteiger partial charge on any atom is 0.306 e. The van der Waals surface area contributed by atoms with Crippen molar-refractivity contribution in [1.82, 2.24) is 20.1 Å². The molecule has 52 heavy (non-hydrogen) atoms. The first-order valence-corrected chi connectivity index (χ1v) is 20.4. The summed E-state index contributed by atoms with van der Waals surface area (Å²) in [6, 6.07) is 9.05. The van der Waals surface area contributed by atoms with Crippen molar-refractivity contribution in [3.8, 4) is 0 Å². The Balaban J connectivity index is 1.50. The molecule has 4 rings (SSSR count). The van der Waals surface area contributed by atoms with Gasteiger partial charge in [-0.2, -0.15) is 0 Å². The zero-order chi connectivity index (χ0) is 37.8. The largest absolute Gasteiger partial charge is 0.481 e. The molecule has 1 aliphatic carbocycles. The molecule has 0 radical (unpaired) electrons. The van der Waals surface area contributed by atoms with E-state index in [1.54, 1.807) is 12.3 Å². The van der Waals surface area contributed by atoms with Crippen molar-refractivity contribution >= 4 is 34.9 Å². The van der Waals surface area contributed by atoms with E-state index in [0.717, 1.165) is 57.1 Å². The van der Waals surface area contributed by atoms with Gasteiger partial charge in [-0.05, 0) is 76.4 Å². The number of likely N-dealkylation sites (N-methyl/N-ethyl adjacent to an activating group) is 1. The van der Waals surface area contributed by atoms with Crippen LogP contribution in [0.25, 0.3) is 0 Å². The normalized spacial score (nSPS) is 20.1. The third-order valence-electron chi connectivity index (χ3n) is 11.3. The summed E-state index contributed by atoms with van der Waals surface area (Å²) in [5.41, 5.74) is 1.27. The minimum atomic E-state index is -0.903. The van der Waals surface area contributed by atoms with Crippen LogP contribution in [0.4, 0.5) is 0 Å². The van der Waals surface area contributed by atoms with E-state index in [4.69, 9.17) is 9.72 Å². The van der Waals surface area contributed by atoms with E-state index >= 15 is 0 Å². The van der Waals surface area contributed by atoms with Crippen LogP contribution in [0.1, 0.15) is 125 Å². The van der Waals surface area contributed by atoms with Gasteiger partial charge in [0.1, 0.15) is 16.8 Å². The molecule has 2 aromatic rings. The van der Waals surface area contributed by atoms with Gasteiger partial charge in [-0.3, -0.25) is 24.1 Å². The number of hydrogen-bond acceptors (Lipinski definition) is 8. The number of nitrogens with one attached hydrogen (secondary N) is 1. The molecule has 2 amide bonds. The Labute approximate surface area is 315 Å². The number of ether oxygens (including phenoxy) is 1. The van der Waals surface area contributed by atoms with Gasteiger partial charge in [0, 0.05) is 49.9 Å². The predicted molar refractivity (Wildman–Crippen MR) is 205 cm³/mol. The van der Waals surface area contributed by atoms with Crippen molar-refractivity contribution in [2.24, 2.45) is 23.7 Å². The summed E-state index contributed by atoms with van der Waals surface area (Å²) >= 11 is 1.36. The van der Waals surface area contributed by atoms with E-state index < -0.39 is 18.0 Å². The number of carbonyl (C=O) groups excluding carboxylic acids is 3. The predicted octanol–water partition coefficient (Wildman–Crippen LogP) is 7.19. The fourth-order valence-electron chi connectivity index (χ4n) is 8.21. The van der Waals surface area contributed by atoms with E-state index in [9.17, 15) is 24.3 Å². The first-order chi connectivity index (χ1) is 24.9. The monoisotopic (exact) mass is 738 g/mol. The SMILES string of the molecule is CCO[C@H](C[C@H](C(C)C)N(C)C(=O)[C@@H](CC(=O)[C@H]1CCCCN1C)C1CCCCC1)c1nc(C(=O)N[C@@H](Cc2ccccc2)C[C@H](C)C(=O)O)cs1. The molecule has 1 aliphatic heterocycles. The third kappa shape index (κ3) is 11.7. The lowest BCUT2D eigenvalue weighted by molar-refractivity contribution is -0.144. The second-order valence-corrected chi connectivity index (χ2v) is 16.4. The Morgan fingerprint density at radius 3 is 2.35 bits per heavy atom. The van der Waals surface area contributed by atoms with Crippen molar-refractivity contribution in [2.75, 3.05) is 27.2 Å². The van der Waals surface area contributed by atoms with Crippen molar-refractivity contribution in [1.29, 1.82) is 0 Å². The van der Waals surface area contributed by atoms with Crippen LogP contribution in [0, 0.1) is 23.7 Å². The van der Waals surface area contributed by atoms with Gasteiger partial charge >= 0.3 is 5.97 Å². The van der Waals surface area contributed by atoms with Gasteiger partial charge in [0.15, 0.2) is 5.78 Å². The first-order valence-electron chi connectivity index (χ1n) is 19.5. The molecule has 1 aromatic carbocycles. The third-order valence-corrected chi connectivity index (χ3v) is 12.2. The van der Waals surface area contributed by atoms with Crippen LogP contribution in [-0.2, 0) is 25.5 Å². The Kier molecular flexibility index (Phi) is 16.3. The molecule has 2 fully saturated rings. The number of carboxylic acid groups (broad SMARTS) is 1. The van der Waals surface area contributed by atoms with E-state index in [1.807, 2.05) is 56.3 Å². The lowest BCUT2D eigenvalue weighted by Crippen LogP contribution is -2.48. The summed E-state index contributed by atoms with van der Waals surface area (Å²) in [6.45, 7) is 9.16. The molecular formula is C41H62N4O6S. The summed E-state index contributed by atoms with van der Waals surface area (Å²) in [6.07, 6.45) is 9.53. The lowest BCUT2D eigenvalue weighted by atomic mass is 9.76. The summed E-state index contributed by atoms with van der Waals surface area (Å²) in [5, 5.41) is 15.0. The number of nitrogens with zero attached hydrogens (tertiary/aromatic N) is 3. The molecule has 0 unspecified atom stereocenters. The number of amides is 2. The molecule has 11 heteroatoms. The van der Waals surface area contributed by atoms with Crippen LogP contribution in [0.15, 0.2) is 35.7 Å². The Morgan fingerprint density at radius 1 is 1.02 bits per heavy atom. The van der Waals surface area contributed by atoms with Gasteiger partial charge in [0.05, 0.1) is 12.0 Å². The zero-order valence-electron chi connectivity index (χ0n) is 32.2. The van der Waals surface area contributed by atoms with Gasteiger partial charge < -0.3 is 20.1 Å². The number of carbonyl (C=O) groups is 4. The number of Topliss-reactive ketones (excluding diaryl/α,β-unsaturated/α-hetero) is 1. The average Bonchev–Trinajstić information content (AvgIpc) is 3.63. The van der Waals surface area contributed by atoms with Crippen LogP contribution in [0.2, 0.25) is 0 Å². The average molecular weight is 739 g/mol. The number of aromatic nitrogens is 1. The fraction of sp³-hybridized carbons (Fsp3) is 0.683. The lowest BCUT2D eigenvalue weighted by Gasteiger charge is -2.39. The number of likely N-dealkylation sites (tertiary alicyclic amines) is 1. The highest BCUT2D eigenvalue weighted by atomic mass is 32.1. The standard InChI is InChI=1S/C41H62N4O6S/c1-7-51-37(39-43-33(26-52-39)38(47)42-31(22-28(4)41(49)50)23-29-16-10-8-11-17-29)25-35(27(2)3)45(6)40(48)32(30-18-12-9-13-19-30)24-36(46)34-20-14-15-21-44(34)5/h8,10-11,16-17,26-28,30-32,34-35,37H,7,9,12-15,18-25H2,1-6H3,(H,42,47)(H,49,50)/t28-,31+,32-,34+,35+,37+/m0/s1. The topological polar surface area (TPSA) is 129 Å². The Morgan fingerprint density at radius 2 is 1.71 bits per heavy atom. The molecular weight excluding hydrogens is 677 g/mol. The van der Waals surface area contributed by atoms with Crippen molar-refractivity contribution < 1.29 is 29.0 Å². The van der Waals surface area contributed by atoms with E-state index in [0.29, 0.717) is 30.9 Å². The van der Waals surface area contributed by atoms with Crippen molar-refractivity contribution in [2.45, 2.75) is 129 Å². The number of carboxylic acids is 1. The number of ketones is 1. The number of thiazole rings is 1. The molecule has 2 N–H and O–H groups in total. The molecule has 1 saturated carbocycles.